The van der Waals surface area contributed by atoms with Crippen LogP contribution in [0.15, 0.2) is 47.1 Å². The van der Waals surface area contributed by atoms with Crippen molar-refractivity contribution in [2.45, 2.75) is 44.7 Å². The topological polar surface area (TPSA) is 77.8 Å². The van der Waals surface area contributed by atoms with E-state index in [1.807, 2.05) is 29.2 Å². The van der Waals surface area contributed by atoms with Crippen LogP contribution in [-0.2, 0) is 6.54 Å². The Hall–Kier alpha value is -2.80. The first-order valence-electron chi connectivity index (χ1n) is 10.9. The van der Waals surface area contributed by atoms with Crippen LogP contribution in [0, 0.1) is 0 Å². The number of urea groups is 1. The molecular weight excluding hydrogens is 380 g/mol. The second-order valence-corrected chi connectivity index (χ2v) is 8.14. The molecule has 2 aliphatic rings. The van der Waals surface area contributed by atoms with Crippen molar-refractivity contribution in [2.24, 2.45) is 0 Å². The largest absolute Gasteiger partial charge is 0.459 e. The fourth-order valence-corrected chi connectivity index (χ4v) is 4.37. The molecule has 1 aromatic carbocycles. The lowest BCUT2D eigenvalue weighted by Gasteiger charge is -2.33. The highest BCUT2D eigenvalue weighted by molar-refractivity contribution is 6.02. The number of benzene rings is 1. The smallest absolute Gasteiger partial charge is 0.317 e. The lowest BCUT2D eigenvalue weighted by Crippen LogP contribution is -2.48. The van der Waals surface area contributed by atoms with E-state index < -0.39 is 0 Å². The summed E-state index contributed by atoms with van der Waals surface area (Å²) in [6.45, 7) is 4.55. The Balaban J connectivity index is 1.29. The van der Waals surface area contributed by atoms with Gasteiger partial charge in [-0.15, -0.1) is 0 Å². The van der Waals surface area contributed by atoms with Crippen LogP contribution in [0.5, 0.6) is 0 Å². The average Bonchev–Trinajstić information content (AvgIpc) is 3.45. The van der Waals surface area contributed by atoms with E-state index >= 15 is 0 Å². The third-order valence-electron chi connectivity index (χ3n) is 5.93. The number of furan rings is 1. The summed E-state index contributed by atoms with van der Waals surface area (Å²) in [7, 11) is 0. The molecule has 0 bridgehead atoms. The van der Waals surface area contributed by atoms with Crippen LogP contribution in [0.25, 0.3) is 0 Å². The summed E-state index contributed by atoms with van der Waals surface area (Å²) in [5.74, 6) is -0.0266. The van der Waals surface area contributed by atoms with Gasteiger partial charge in [0.25, 0.3) is 5.91 Å². The molecule has 7 heteroatoms. The van der Waals surface area contributed by atoms with E-state index in [2.05, 4.69) is 15.5 Å². The van der Waals surface area contributed by atoms with Crippen molar-refractivity contribution in [3.05, 3.63) is 54.0 Å². The zero-order chi connectivity index (χ0) is 20.8. The molecule has 30 heavy (non-hydrogen) atoms. The first-order valence-corrected chi connectivity index (χ1v) is 10.9. The van der Waals surface area contributed by atoms with Crippen molar-refractivity contribution < 1.29 is 14.0 Å². The van der Waals surface area contributed by atoms with Crippen LogP contribution in [0.1, 0.15) is 48.2 Å². The minimum Gasteiger partial charge on any atom is -0.459 e. The highest BCUT2D eigenvalue weighted by atomic mass is 16.3. The number of nitrogens with zero attached hydrogens (tertiary/aromatic N) is 2. The Kier molecular flexibility index (Phi) is 6.69. The number of amides is 3. The van der Waals surface area contributed by atoms with Gasteiger partial charge in [0.15, 0.2) is 5.76 Å². The molecule has 2 aliphatic heterocycles. The zero-order valence-electron chi connectivity index (χ0n) is 17.3. The van der Waals surface area contributed by atoms with Crippen LogP contribution in [-0.4, -0.2) is 54.0 Å². The van der Waals surface area contributed by atoms with Gasteiger partial charge in [0, 0.05) is 31.4 Å². The molecule has 2 N–H and O–H groups in total. The van der Waals surface area contributed by atoms with Gasteiger partial charge in [0.1, 0.15) is 0 Å². The van der Waals surface area contributed by atoms with E-state index in [1.54, 1.807) is 12.1 Å². The molecule has 0 spiro atoms. The molecular formula is C23H30N4O3. The summed E-state index contributed by atoms with van der Waals surface area (Å²) < 4.78 is 5.12. The highest BCUT2D eigenvalue weighted by Gasteiger charge is 2.30. The standard InChI is InChI=1S/C23H30N4O3/c28-22(21-10-6-14-30-21)25-19-8-4-7-18(15-19)16-24-23(29)27-13-5-9-20(27)17-26-11-2-1-3-12-26/h4,6-8,10,14-15,20H,1-3,5,9,11-13,16-17H2,(H,24,29)(H,25,28). The van der Waals surface area contributed by atoms with Crippen LogP contribution < -0.4 is 10.6 Å². The summed E-state index contributed by atoms with van der Waals surface area (Å²) in [5, 5.41) is 5.87. The first-order chi connectivity index (χ1) is 14.7. The van der Waals surface area contributed by atoms with Gasteiger partial charge < -0.3 is 24.9 Å². The molecule has 3 amide bonds. The Morgan fingerprint density at radius 1 is 1.03 bits per heavy atom. The van der Waals surface area contributed by atoms with Crippen LogP contribution in [0.4, 0.5) is 10.5 Å². The maximum absolute atomic E-state index is 12.8. The number of nitrogens with one attached hydrogen (secondary N) is 2. The second kappa shape index (κ2) is 9.80. The third kappa shape index (κ3) is 5.21. The molecule has 160 valence electrons. The van der Waals surface area contributed by atoms with Gasteiger partial charge in [-0.1, -0.05) is 18.6 Å². The zero-order valence-corrected chi connectivity index (χ0v) is 17.3. The normalized spacial score (nSPS) is 19.6. The number of rotatable bonds is 6. The van der Waals surface area contributed by atoms with Gasteiger partial charge in [0.05, 0.1) is 6.26 Å². The van der Waals surface area contributed by atoms with Gasteiger partial charge in [-0.25, -0.2) is 4.79 Å². The number of hydrogen-bond acceptors (Lipinski definition) is 4. The molecule has 7 nitrogen and oxygen atoms in total. The summed E-state index contributed by atoms with van der Waals surface area (Å²) >= 11 is 0. The molecule has 2 fully saturated rings. The van der Waals surface area contributed by atoms with Gasteiger partial charge >= 0.3 is 6.03 Å². The minimum absolute atomic E-state index is 0.000432. The van der Waals surface area contributed by atoms with E-state index in [4.69, 9.17) is 4.42 Å². The first kappa shape index (κ1) is 20.5. The third-order valence-corrected chi connectivity index (χ3v) is 5.93. The predicted molar refractivity (Wildman–Crippen MR) is 115 cm³/mol. The maximum Gasteiger partial charge on any atom is 0.317 e. The average molecular weight is 411 g/mol. The lowest BCUT2D eigenvalue weighted by molar-refractivity contribution is 0.0996. The fraction of sp³-hybridized carbons (Fsp3) is 0.478. The second-order valence-electron chi connectivity index (χ2n) is 8.14. The lowest BCUT2D eigenvalue weighted by atomic mass is 10.1. The number of carbonyl (C=O) groups is 2. The SMILES string of the molecule is O=C(Nc1cccc(CNC(=O)N2CCCC2CN2CCCCC2)c1)c1ccco1. The van der Waals surface area contributed by atoms with Crippen LogP contribution >= 0.6 is 0 Å². The molecule has 1 atom stereocenters. The molecule has 3 heterocycles. The van der Waals surface area contributed by atoms with Gasteiger partial charge in [-0.2, -0.15) is 0 Å². The predicted octanol–water partition coefficient (Wildman–Crippen LogP) is 3.69. The van der Waals surface area contributed by atoms with E-state index in [1.165, 1.54) is 25.5 Å². The summed E-state index contributed by atoms with van der Waals surface area (Å²) in [6, 6.07) is 11.1. The Labute approximate surface area is 177 Å². The van der Waals surface area contributed by atoms with Gasteiger partial charge in [0.2, 0.25) is 0 Å². The number of anilines is 1. The molecule has 1 aromatic heterocycles. The van der Waals surface area contributed by atoms with E-state index in [0.29, 0.717) is 18.3 Å². The maximum atomic E-state index is 12.8. The molecule has 0 radical (unpaired) electrons. The minimum atomic E-state index is -0.293. The van der Waals surface area contributed by atoms with Gasteiger partial charge in [-0.05, 0) is 68.6 Å². The van der Waals surface area contributed by atoms with Crippen molar-refractivity contribution >= 4 is 17.6 Å². The number of carbonyl (C=O) groups excluding carboxylic acids is 2. The highest BCUT2D eigenvalue weighted by Crippen LogP contribution is 2.20. The molecule has 0 aliphatic carbocycles. The Morgan fingerprint density at radius 3 is 2.70 bits per heavy atom. The van der Waals surface area contributed by atoms with Crippen molar-refractivity contribution in [2.75, 3.05) is 31.5 Å². The molecule has 4 rings (SSSR count). The Bertz CT molecular complexity index is 846. The van der Waals surface area contributed by atoms with Crippen molar-refractivity contribution in [1.29, 1.82) is 0 Å². The Morgan fingerprint density at radius 2 is 1.90 bits per heavy atom. The number of hydrogen-bond donors (Lipinski definition) is 2. The van der Waals surface area contributed by atoms with Crippen molar-refractivity contribution in [1.82, 2.24) is 15.1 Å². The summed E-state index contributed by atoms with van der Waals surface area (Å²) in [4.78, 5) is 29.4. The van der Waals surface area contributed by atoms with E-state index in [9.17, 15) is 9.59 Å². The monoisotopic (exact) mass is 410 g/mol. The number of piperidine rings is 1. The van der Waals surface area contributed by atoms with Crippen LogP contribution in [0.3, 0.4) is 0 Å². The van der Waals surface area contributed by atoms with E-state index in [0.717, 1.165) is 44.6 Å². The molecule has 1 unspecified atom stereocenters. The van der Waals surface area contributed by atoms with Crippen molar-refractivity contribution in [3.63, 3.8) is 0 Å². The molecule has 2 saturated heterocycles. The van der Waals surface area contributed by atoms with E-state index in [-0.39, 0.29) is 17.7 Å². The van der Waals surface area contributed by atoms with Gasteiger partial charge in [-0.3, -0.25) is 4.79 Å². The van der Waals surface area contributed by atoms with Crippen molar-refractivity contribution in [3.8, 4) is 0 Å². The molecule has 2 aromatic rings. The summed E-state index contributed by atoms with van der Waals surface area (Å²) in [5.41, 5.74) is 1.61. The molecule has 0 saturated carbocycles. The fourth-order valence-electron chi connectivity index (χ4n) is 4.37. The number of likely N-dealkylation sites (tertiary alicyclic amines) is 2. The summed E-state index contributed by atoms with van der Waals surface area (Å²) in [6.07, 6.45) is 7.49. The van der Waals surface area contributed by atoms with Crippen LogP contribution in [0.2, 0.25) is 0 Å². The quantitative estimate of drug-likeness (QED) is 0.761.